The summed E-state index contributed by atoms with van der Waals surface area (Å²) in [5, 5.41) is 11.1. The summed E-state index contributed by atoms with van der Waals surface area (Å²) in [5.41, 5.74) is -0.661. The molecule has 2 amide bonds. The Morgan fingerprint density at radius 1 is 1.02 bits per heavy atom. The van der Waals surface area contributed by atoms with Gasteiger partial charge in [-0.1, -0.05) is 78.4 Å². The molecule has 0 aromatic heterocycles. The molecule has 4 aliphatic heterocycles. The first-order chi connectivity index (χ1) is 19.7. The first-order valence-corrected chi connectivity index (χ1v) is 14.4. The number of allylic oxidation sites excluding steroid dienone is 1. The van der Waals surface area contributed by atoms with Gasteiger partial charge in [0.05, 0.1) is 41.5 Å². The van der Waals surface area contributed by atoms with Crippen LogP contribution in [-0.2, 0) is 23.9 Å². The quantitative estimate of drug-likeness (QED) is 0.434. The fourth-order valence-corrected chi connectivity index (χ4v) is 7.43. The fourth-order valence-electron chi connectivity index (χ4n) is 7.10. The van der Waals surface area contributed by atoms with E-state index in [-0.39, 0.29) is 13.2 Å². The highest BCUT2D eigenvalue weighted by atomic mass is 35.5. The van der Waals surface area contributed by atoms with Gasteiger partial charge < -0.3 is 24.4 Å². The number of para-hydroxylation sites is 1. The third-order valence-electron chi connectivity index (χ3n) is 8.84. The van der Waals surface area contributed by atoms with Crippen LogP contribution in [0.25, 0.3) is 0 Å². The fraction of sp³-hybridized carbons (Fsp3) is 0.406. The summed E-state index contributed by atoms with van der Waals surface area (Å²) in [6, 6.07) is 12.5. The molecule has 9 heteroatoms. The first kappa shape index (κ1) is 27.7. The molecule has 1 unspecified atom stereocenters. The van der Waals surface area contributed by atoms with E-state index in [1.807, 2.05) is 67.6 Å². The average molecular weight is 577 g/mol. The molecule has 214 valence electrons. The monoisotopic (exact) mass is 576 g/mol. The largest absolute Gasteiger partial charge is 0.465 e. The van der Waals surface area contributed by atoms with Gasteiger partial charge in [-0.3, -0.25) is 14.4 Å². The van der Waals surface area contributed by atoms with Crippen molar-refractivity contribution in [3.8, 4) is 0 Å². The van der Waals surface area contributed by atoms with Crippen molar-refractivity contribution in [2.45, 2.75) is 50.0 Å². The smallest absolute Gasteiger partial charge is 0.313 e. The number of ether oxygens (including phenoxy) is 2. The standard InChI is InChI=1S/C32H33ClN2O6/c1-20-11-9-14-22(33)26(20)34-17-10-16-32-24(25-30(39)40-18-8-4-7-15-31(25,2)41-32)28(37)35(27(32)29(34)38)23(19-36)21-12-5-3-6-13-21/h3,5-7,9-16,23-25,27,36H,4,8,17-19H2,1-2H3/b15-7-/t23-,24+,25+,27?,31-,32+/m1/s1. The molecule has 0 saturated carbocycles. The number of carbonyl (C=O) groups is 3. The summed E-state index contributed by atoms with van der Waals surface area (Å²) >= 11 is 6.64. The predicted octanol–water partition coefficient (Wildman–Crippen LogP) is 4.15. The van der Waals surface area contributed by atoms with Crippen LogP contribution in [0.15, 0.2) is 72.8 Å². The second-order valence-electron chi connectivity index (χ2n) is 11.3. The van der Waals surface area contributed by atoms with E-state index in [1.54, 1.807) is 24.0 Å². The second-order valence-corrected chi connectivity index (χ2v) is 11.7. The van der Waals surface area contributed by atoms with Gasteiger partial charge in [-0.05, 0) is 43.9 Å². The van der Waals surface area contributed by atoms with Gasteiger partial charge in [0, 0.05) is 6.54 Å². The summed E-state index contributed by atoms with van der Waals surface area (Å²) in [6.45, 7) is 3.65. The number of carbonyl (C=O) groups excluding carboxylic acids is 3. The molecule has 4 aliphatic rings. The van der Waals surface area contributed by atoms with Crippen molar-refractivity contribution in [1.82, 2.24) is 4.90 Å². The van der Waals surface area contributed by atoms with E-state index in [2.05, 4.69) is 0 Å². The van der Waals surface area contributed by atoms with Crippen molar-refractivity contribution >= 4 is 35.1 Å². The van der Waals surface area contributed by atoms with Crippen molar-refractivity contribution in [2.75, 3.05) is 24.7 Å². The van der Waals surface area contributed by atoms with Crippen LogP contribution < -0.4 is 4.90 Å². The lowest BCUT2D eigenvalue weighted by molar-refractivity contribution is -0.159. The topological polar surface area (TPSA) is 96.4 Å². The van der Waals surface area contributed by atoms with Gasteiger partial charge in [0.25, 0.3) is 5.91 Å². The zero-order valence-corrected chi connectivity index (χ0v) is 23.8. The SMILES string of the molecule is Cc1cccc(Cl)c1N1CC=C[C@]23O[C@]4(C)/C=C\CCCOC(=O)[C@@H]4[C@H]2C(=O)N([C@H](CO)c2ccccc2)C3C1=O. The van der Waals surface area contributed by atoms with Crippen LogP contribution in [0.5, 0.6) is 0 Å². The van der Waals surface area contributed by atoms with Crippen molar-refractivity contribution < 1.29 is 29.0 Å². The molecule has 4 heterocycles. The maximum absolute atomic E-state index is 14.8. The van der Waals surface area contributed by atoms with Crippen molar-refractivity contribution in [1.29, 1.82) is 0 Å². The molecule has 2 fully saturated rings. The van der Waals surface area contributed by atoms with E-state index >= 15 is 0 Å². The Morgan fingerprint density at radius 2 is 1.80 bits per heavy atom. The number of halogens is 1. The molecule has 6 atom stereocenters. The second kappa shape index (κ2) is 10.4. The molecule has 1 spiro atoms. The van der Waals surface area contributed by atoms with E-state index in [4.69, 9.17) is 21.1 Å². The molecule has 0 aliphatic carbocycles. The number of hydrogen-bond acceptors (Lipinski definition) is 6. The number of cyclic esters (lactones) is 1. The molecule has 0 bridgehead atoms. The molecule has 2 aromatic carbocycles. The zero-order valence-electron chi connectivity index (χ0n) is 23.0. The number of rotatable bonds is 4. The Labute approximate surface area is 244 Å². The lowest BCUT2D eigenvalue weighted by atomic mass is 9.74. The highest BCUT2D eigenvalue weighted by Crippen LogP contribution is 2.58. The van der Waals surface area contributed by atoms with Crippen molar-refractivity contribution in [3.63, 3.8) is 0 Å². The summed E-state index contributed by atoms with van der Waals surface area (Å²) < 4.78 is 12.5. The zero-order chi connectivity index (χ0) is 28.9. The lowest BCUT2D eigenvalue weighted by Crippen LogP contribution is -2.57. The molecule has 2 aromatic rings. The number of anilines is 1. The molecular formula is C32H33ClN2O6. The summed E-state index contributed by atoms with van der Waals surface area (Å²) in [7, 11) is 0. The molecule has 0 radical (unpaired) electrons. The van der Waals surface area contributed by atoms with Gasteiger partial charge in [-0.2, -0.15) is 0 Å². The Balaban J connectivity index is 1.56. The number of nitrogens with zero attached hydrogens (tertiary/aromatic N) is 2. The Morgan fingerprint density at radius 3 is 2.54 bits per heavy atom. The average Bonchev–Trinajstić information content (AvgIpc) is 3.30. The van der Waals surface area contributed by atoms with Crippen LogP contribution in [-0.4, -0.2) is 64.8 Å². The molecule has 1 N–H and O–H groups in total. The Bertz CT molecular complexity index is 1420. The number of amides is 2. The maximum Gasteiger partial charge on any atom is 0.313 e. The maximum atomic E-state index is 14.8. The van der Waals surface area contributed by atoms with Gasteiger partial charge in [0.2, 0.25) is 5.91 Å². The van der Waals surface area contributed by atoms with Crippen LogP contribution in [0.2, 0.25) is 5.02 Å². The number of esters is 1. The van der Waals surface area contributed by atoms with E-state index < -0.39 is 59.5 Å². The third-order valence-corrected chi connectivity index (χ3v) is 9.14. The summed E-state index contributed by atoms with van der Waals surface area (Å²) in [5.74, 6) is -3.40. The number of likely N-dealkylation sites (tertiary alicyclic amines) is 1. The number of aliphatic hydroxyl groups is 1. The molecule has 8 nitrogen and oxygen atoms in total. The Hall–Kier alpha value is -3.46. The number of aryl methyl sites for hydroxylation is 1. The van der Waals surface area contributed by atoms with Gasteiger partial charge in [0.1, 0.15) is 17.6 Å². The molecule has 2 saturated heterocycles. The minimum absolute atomic E-state index is 0.191. The number of aliphatic hydroxyl groups excluding tert-OH is 1. The molecule has 41 heavy (non-hydrogen) atoms. The van der Waals surface area contributed by atoms with Crippen LogP contribution in [0.4, 0.5) is 5.69 Å². The Kier molecular flexibility index (Phi) is 7.04. The lowest BCUT2D eigenvalue weighted by Gasteiger charge is -2.40. The van der Waals surface area contributed by atoms with Crippen LogP contribution in [0.3, 0.4) is 0 Å². The number of fused-ring (bicyclic) bond motifs is 2. The molecule has 6 rings (SSSR count). The minimum Gasteiger partial charge on any atom is -0.465 e. The van der Waals surface area contributed by atoms with E-state index in [1.165, 1.54) is 4.90 Å². The number of hydrogen-bond donors (Lipinski definition) is 1. The minimum atomic E-state index is -1.48. The number of benzene rings is 2. The first-order valence-electron chi connectivity index (χ1n) is 14.0. The van der Waals surface area contributed by atoms with Crippen LogP contribution in [0.1, 0.15) is 36.9 Å². The third kappa shape index (κ3) is 4.23. The van der Waals surface area contributed by atoms with Gasteiger partial charge >= 0.3 is 5.97 Å². The van der Waals surface area contributed by atoms with Gasteiger partial charge in [-0.15, -0.1) is 0 Å². The predicted molar refractivity (Wildman–Crippen MR) is 153 cm³/mol. The highest BCUT2D eigenvalue weighted by molar-refractivity contribution is 6.34. The van der Waals surface area contributed by atoms with Crippen molar-refractivity contribution in [2.24, 2.45) is 11.8 Å². The summed E-state index contributed by atoms with van der Waals surface area (Å²) in [6.07, 6.45) is 8.72. The van der Waals surface area contributed by atoms with Crippen molar-refractivity contribution in [3.05, 3.63) is 89.0 Å². The van der Waals surface area contributed by atoms with E-state index in [0.717, 1.165) is 5.56 Å². The van der Waals surface area contributed by atoms with Gasteiger partial charge in [-0.25, -0.2) is 0 Å². The molecular weight excluding hydrogens is 544 g/mol. The highest BCUT2D eigenvalue weighted by Gasteiger charge is 2.75. The van der Waals surface area contributed by atoms with E-state index in [0.29, 0.717) is 29.1 Å². The summed E-state index contributed by atoms with van der Waals surface area (Å²) in [4.78, 5) is 46.1. The normalized spacial score (nSPS) is 32.7. The van der Waals surface area contributed by atoms with Gasteiger partial charge in [0.15, 0.2) is 0 Å². The van der Waals surface area contributed by atoms with Crippen LogP contribution in [0, 0.1) is 18.8 Å². The van der Waals surface area contributed by atoms with Crippen LogP contribution >= 0.6 is 11.6 Å². The van der Waals surface area contributed by atoms with E-state index in [9.17, 15) is 19.5 Å².